The first-order chi connectivity index (χ1) is 21.9. The van der Waals surface area contributed by atoms with Gasteiger partial charge >= 0.3 is 0 Å². The number of nitrogens with two attached hydrogens (primary N) is 1. The van der Waals surface area contributed by atoms with E-state index in [-0.39, 0.29) is 25.2 Å². The number of H-pyrrole nitrogens is 1. The van der Waals surface area contributed by atoms with Crippen molar-refractivity contribution in [3.05, 3.63) is 102 Å². The van der Waals surface area contributed by atoms with E-state index < -0.39 is 55.0 Å². The Morgan fingerprint density at radius 3 is 2.24 bits per heavy atom. The van der Waals surface area contributed by atoms with Gasteiger partial charge in [-0.2, -0.15) is 0 Å². The van der Waals surface area contributed by atoms with Crippen molar-refractivity contribution in [3.63, 3.8) is 0 Å². The minimum absolute atomic E-state index is 0.00891. The van der Waals surface area contributed by atoms with Crippen molar-refractivity contribution in [1.29, 1.82) is 0 Å². The van der Waals surface area contributed by atoms with Gasteiger partial charge in [0, 0.05) is 30.3 Å². The van der Waals surface area contributed by atoms with Crippen LogP contribution in [0, 0.1) is 5.92 Å². The molecule has 3 aromatic carbocycles. The largest absolute Gasteiger partial charge is 0.368 e. The fraction of sp³-hybridized carbons (Fsp3) is 0.303. The predicted molar refractivity (Wildman–Crippen MR) is 175 cm³/mol. The minimum Gasteiger partial charge on any atom is -0.368 e. The molecule has 4 aromatic rings. The Bertz CT molecular complexity index is 1710. The third-order valence-electron chi connectivity index (χ3n) is 7.44. The molecule has 242 valence electrons. The van der Waals surface area contributed by atoms with E-state index in [1.807, 2.05) is 38.1 Å². The first-order valence-corrected chi connectivity index (χ1v) is 16.8. The lowest BCUT2D eigenvalue weighted by molar-refractivity contribution is -0.131. The van der Waals surface area contributed by atoms with E-state index in [1.165, 1.54) is 12.5 Å². The summed E-state index contributed by atoms with van der Waals surface area (Å²) in [5, 5.41) is 9.60. The van der Waals surface area contributed by atoms with Crippen molar-refractivity contribution in [2.75, 3.05) is 6.16 Å². The molecule has 7 N–H and O–H groups in total. The number of hydrogen-bond donors (Lipinski definition) is 6. The number of aromatic nitrogens is 2. The summed E-state index contributed by atoms with van der Waals surface area (Å²) in [4.78, 5) is 69.9. The second-order valence-electron chi connectivity index (χ2n) is 11.6. The molecule has 4 amide bonds. The van der Waals surface area contributed by atoms with Gasteiger partial charge in [-0.05, 0) is 40.8 Å². The van der Waals surface area contributed by atoms with Crippen molar-refractivity contribution >= 4 is 41.8 Å². The van der Waals surface area contributed by atoms with Crippen molar-refractivity contribution in [1.82, 2.24) is 25.9 Å². The number of amides is 4. The van der Waals surface area contributed by atoms with Crippen LogP contribution in [0.4, 0.5) is 0 Å². The van der Waals surface area contributed by atoms with Gasteiger partial charge in [0.1, 0.15) is 24.0 Å². The molecule has 0 aliphatic heterocycles. The van der Waals surface area contributed by atoms with Crippen molar-refractivity contribution < 1.29 is 28.6 Å². The lowest BCUT2D eigenvalue weighted by Crippen LogP contribution is -2.54. The van der Waals surface area contributed by atoms with Gasteiger partial charge in [0.25, 0.3) is 5.91 Å². The SMILES string of the molecule is CC(C)C[C@H](NC(=O)CP(=O)(O)C(Cc1ccccc1)NC(=O)c1ccc2ccccc2c1)C(=O)N[C@@H](Cc1cnc[nH]1)C(N)=O. The van der Waals surface area contributed by atoms with Crippen molar-refractivity contribution in [2.24, 2.45) is 11.7 Å². The van der Waals surface area contributed by atoms with Crippen LogP contribution < -0.4 is 21.7 Å². The first-order valence-electron chi connectivity index (χ1n) is 14.9. The Labute approximate surface area is 267 Å². The third-order valence-corrected chi connectivity index (χ3v) is 9.46. The summed E-state index contributed by atoms with van der Waals surface area (Å²) in [7, 11) is -4.41. The van der Waals surface area contributed by atoms with Crippen LogP contribution in [0.1, 0.15) is 41.9 Å². The summed E-state index contributed by atoms with van der Waals surface area (Å²) >= 11 is 0. The average molecular weight is 647 g/mol. The van der Waals surface area contributed by atoms with Gasteiger partial charge in [0.05, 0.1) is 6.33 Å². The molecule has 4 rings (SSSR count). The van der Waals surface area contributed by atoms with E-state index in [1.54, 1.807) is 48.5 Å². The zero-order valence-corrected chi connectivity index (χ0v) is 26.6. The molecule has 0 aliphatic rings. The zero-order chi connectivity index (χ0) is 33.3. The molecular weight excluding hydrogens is 607 g/mol. The highest BCUT2D eigenvalue weighted by molar-refractivity contribution is 7.59. The number of nitrogens with one attached hydrogen (secondary N) is 4. The molecule has 12 nitrogen and oxygen atoms in total. The van der Waals surface area contributed by atoms with Gasteiger partial charge in [-0.15, -0.1) is 0 Å². The molecule has 1 heterocycles. The second kappa shape index (κ2) is 15.5. The van der Waals surface area contributed by atoms with E-state index in [0.717, 1.165) is 10.8 Å². The van der Waals surface area contributed by atoms with Crippen LogP contribution in [-0.4, -0.2) is 62.5 Å². The molecule has 2 unspecified atom stereocenters. The standard InChI is InChI=1S/C33H39N6O6P/c1-21(2)14-28(33(43)38-27(31(34)41)17-26-18-35-20-36-26)37-29(40)19-46(44,45)30(15-22-8-4-3-5-9-22)39-32(42)25-13-12-23-10-6-7-11-24(23)16-25/h3-13,16,18,20-21,27-28,30H,14-15,17,19H2,1-2H3,(H2,34,41)(H,35,36)(H,37,40)(H,38,43)(H,39,42)(H,44,45)/t27-,28-,30?/m0/s1. The summed E-state index contributed by atoms with van der Waals surface area (Å²) in [5.41, 5.74) is 7.08. The van der Waals surface area contributed by atoms with Crippen molar-refractivity contribution in [3.8, 4) is 0 Å². The summed E-state index contributed by atoms with van der Waals surface area (Å²) in [6, 6.07) is 19.3. The number of rotatable bonds is 15. The number of carbonyl (C=O) groups excluding carboxylic acids is 4. The van der Waals surface area contributed by atoms with E-state index in [9.17, 15) is 28.6 Å². The van der Waals surface area contributed by atoms with Gasteiger partial charge in [-0.3, -0.25) is 23.7 Å². The number of primary amides is 1. The maximum absolute atomic E-state index is 13.8. The Hall–Kier alpha value is -4.80. The molecule has 0 saturated carbocycles. The zero-order valence-electron chi connectivity index (χ0n) is 25.7. The summed E-state index contributed by atoms with van der Waals surface area (Å²) in [6.07, 6.45) is 2.32. The monoisotopic (exact) mass is 646 g/mol. The fourth-order valence-corrected chi connectivity index (χ4v) is 6.61. The van der Waals surface area contributed by atoms with E-state index >= 15 is 0 Å². The quantitative estimate of drug-likeness (QED) is 0.107. The fourth-order valence-electron chi connectivity index (χ4n) is 5.07. The van der Waals surface area contributed by atoms with Gasteiger partial charge in [0.2, 0.25) is 25.1 Å². The van der Waals surface area contributed by atoms with E-state index in [0.29, 0.717) is 16.8 Å². The molecule has 0 radical (unpaired) electrons. The Balaban J connectivity index is 1.50. The second-order valence-corrected chi connectivity index (χ2v) is 14.1. The first kappa shape index (κ1) is 34.1. The van der Waals surface area contributed by atoms with Crippen molar-refractivity contribution in [2.45, 2.75) is 51.0 Å². The third kappa shape index (κ3) is 9.60. The average Bonchev–Trinajstić information content (AvgIpc) is 3.53. The highest BCUT2D eigenvalue weighted by atomic mass is 31.2. The summed E-state index contributed by atoms with van der Waals surface area (Å²) in [6.45, 7) is 3.69. The topological polar surface area (TPSA) is 196 Å². The lowest BCUT2D eigenvalue weighted by Gasteiger charge is -2.26. The van der Waals surface area contributed by atoms with Gasteiger partial charge in [-0.25, -0.2) is 4.98 Å². The van der Waals surface area contributed by atoms with E-state index in [2.05, 4.69) is 25.9 Å². The molecule has 0 aliphatic carbocycles. The number of nitrogens with zero attached hydrogens (tertiary/aromatic N) is 1. The predicted octanol–water partition coefficient (Wildman–Crippen LogP) is 2.88. The van der Waals surface area contributed by atoms with Crippen LogP contribution in [0.25, 0.3) is 10.8 Å². The number of benzene rings is 3. The lowest BCUT2D eigenvalue weighted by atomic mass is 10.0. The number of fused-ring (bicyclic) bond motifs is 1. The molecule has 0 fully saturated rings. The van der Waals surface area contributed by atoms with Crippen LogP contribution in [0.3, 0.4) is 0 Å². The molecule has 0 spiro atoms. The number of aromatic amines is 1. The Kier molecular flexibility index (Phi) is 11.5. The normalized spacial score (nSPS) is 14.5. The molecule has 0 bridgehead atoms. The smallest absolute Gasteiger partial charge is 0.251 e. The maximum atomic E-state index is 13.8. The summed E-state index contributed by atoms with van der Waals surface area (Å²) in [5.74, 6) is -4.21. The number of imidazole rings is 1. The van der Waals surface area contributed by atoms with Crippen LogP contribution >= 0.6 is 7.37 Å². The Morgan fingerprint density at radius 2 is 1.59 bits per heavy atom. The van der Waals surface area contributed by atoms with Crippen LogP contribution in [0.15, 0.2) is 85.3 Å². The van der Waals surface area contributed by atoms with Gasteiger partial charge in [0.15, 0.2) is 0 Å². The molecule has 1 aromatic heterocycles. The molecule has 13 heteroatoms. The maximum Gasteiger partial charge on any atom is 0.251 e. The van der Waals surface area contributed by atoms with Crippen LogP contribution in [0.5, 0.6) is 0 Å². The number of hydrogen-bond acceptors (Lipinski definition) is 6. The minimum atomic E-state index is -4.41. The molecule has 46 heavy (non-hydrogen) atoms. The van der Waals surface area contributed by atoms with Crippen LogP contribution in [-0.2, 0) is 31.8 Å². The summed E-state index contributed by atoms with van der Waals surface area (Å²) < 4.78 is 13.8. The van der Waals surface area contributed by atoms with Gasteiger partial charge in [-0.1, -0.05) is 74.5 Å². The molecule has 4 atom stereocenters. The highest BCUT2D eigenvalue weighted by Gasteiger charge is 2.36. The van der Waals surface area contributed by atoms with E-state index in [4.69, 9.17) is 5.73 Å². The van der Waals surface area contributed by atoms with Gasteiger partial charge < -0.3 is 31.6 Å². The molecular formula is C33H39N6O6P. The van der Waals surface area contributed by atoms with Crippen LogP contribution in [0.2, 0.25) is 0 Å². The molecule has 0 saturated heterocycles. The number of carbonyl (C=O) groups is 4. The highest BCUT2D eigenvalue weighted by Crippen LogP contribution is 2.46. The Morgan fingerprint density at radius 1 is 0.891 bits per heavy atom.